The summed E-state index contributed by atoms with van der Waals surface area (Å²) in [5.41, 5.74) is 1.91. The second-order valence-corrected chi connectivity index (χ2v) is 4.77. The van der Waals surface area contributed by atoms with Crippen LogP contribution in [0.15, 0.2) is 18.2 Å². The molecule has 0 bridgehead atoms. The predicted octanol–water partition coefficient (Wildman–Crippen LogP) is 2.59. The Kier molecular flexibility index (Phi) is 2.59. The Balaban J connectivity index is 2.33. The van der Waals surface area contributed by atoms with Crippen LogP contribution in [0, 0.1) is 0 Å². The Hall–Kier alpha value is -0.830. The minimum absolute atomic E-state index is 0.122. The number of ketones is 1. The van der Waals surface area contributed by atoms with Gasteiger partial charge in [-0.05, 0) is 30.7 Å². The third kappa shape index (κ3) is 1.69. The lowest BCUT2D eigenvalue weighted by atomic mass is 10.0. The second kappa shape index (κ2) is 3.73. The molecule has 0 aliphatic carbocycles. The fourth-order valence-electron chi connectivity index (χ4n) is 1.57. The molecular weight excluding hydrogens is 244 g/mol. The highest BCUT2D eigenvalue weighted by Crippen LogP contribution is 2.26. The lowest BCUT2D eigenvalue weighted by Crippen LogP contribution is -2.09. The topological polar surface area (TPSA) is 26.3 Å². The SMILES string of the molecule is CC(Br)C(=O)c1ccc2c(c1)CCO2. The van der Waals surface area contributed by atoms with Crippen LogP contribution >= 0.6 is 15.9 Å². The van der Waals surface area contributed by atoms with Crippen LogP contribution in [-0.2, 0) is 6.42 Å². The van der Waals surface area contributed by atoms with Crippen molar-refractivity contribution in [1.82, 2.24) is 0 Å². The van der Waals surface area contributed by atoms with Gasteiger partial charge in [0.2, 0.25) is 0 Å². The zero-order valence-corrected chi connectivity index (χ0v) is 9.50. The Bertz CT molecular complexity index is 372. The Morgan fingerprint density at radius 2 is 2.36 bits per heavy atom. The van der Waals surface area contributed by atoms with Gasteiger partial charge in [-0.25, -0.2) is 0 Å². The van der Waals surface area contributed by atoms with Crippen LogP contribution in [0.2, 0.25) is 0 Å². The maximum absolute atomic E-state index is 11.7. The van der Waals surface area contributed by atoms with E-state index in [0.717, 1.165) is 29.9 Å². The molecule has 14 heavy (non-hydrogen) atoms. The molecule has 2 rings (SSSR count). The number of rotatable bonds is 2. The Morgan fingerprint density at radius 1 is 1.57 bits per heavy atom. The van der Waals surface area contributed by atoms with Gasteiger partial charge < -0.3 is 4.74 Å². The quantitative estimate of drug-likeness (QED) is 0.599. The fraction of sp³-hybridized carbons (Fsp3) is 0.364. The lowest BCUT2D eigenvalue weighted by molar-refractivity contribution is 0.0996. The molecule has 1 aromatic carbocycles. The number of benzene rings is 1. The Morgan fingerprint density at radius 3 is 3.07 bits per heavy atom. The van der Waals surface area contributed by atoms with Gasteiger partial charge in [0.15, 0.2) is 5.78 Å². The molecule has 0 amide bonds. The van der Waals surface area contributed by atoms with Crippen molar-refractivity contribution in [2.45, 2.75) is 18.2 Å². The second-order valence-electron chi connectivity index (χ2n) is 3.40. The molecule has 1 heterocycles. The number of hydrogen-bond donors (Lipinski definition) is 0. The van der Waals surface area contributed by atoms with E-state index in [-0.39, 0.29) is 10.6 Å². The lowest BCUT2D eigenvalue weighted by Gasteiger charge is -2.04. The van der Waals surface area contributed by atoms with E-state index in [9.17, 15) is 4.79 Å². The van der Waals surface area contributed by atoms with Crippen molar-refractivity contribution in [3.05, 3.63) is 29.3 Å². The average molecular weight is 255 g/mol. The molecule has 1 aromatic rings. The first kappa shape index (κ1) is 9.71. The largest absolute Gasteiger partial charge is 0.493 e. The van der Waals surface area contributed by atoms with Crippen LogP contribution in [0.5, 0.6) is 5.75 Å². The third-order valence-corrected chi connectivity index (χ3v) is 2.75. The third-order valence-electron chi connectivity index (χ3n) is 2.34. The summed E-state index contributed by atoms with van der Waals surface area (Å²) in [4.78, 5) is 11.5. The van der Waals surface area contributed by atoms with E-state index in [0.29, 0.717) is 0 Å². The first-order valence-corrected chi connectivity index (χ1v) is 5.54. The van der Waals surface area contributed by atoms with Crippen LogP contribution in [0.1, 0.15) is 22.8 Å². The van der Waals surface area contributed by atoms with Crippen molar-refractivity contribution in [1.29, 1.82) is 0 Å². The normalized spacial score (nSPS) is 15.9. The summed E-state index contributed by atoms with van der Waals surface area (Å²) in [6.07, 6.45) is 0.910. The van der Waals surface area contributed by atoms with Gasteiger partial charge in [0, 0.05) is 12.0 Å². The summed E-state index contributed by atoms with van der Waals surface area (Å²) in [6, 6.07) is 5.64. The number of ether oxygens (including phenoxy) is 1. The molecule has 1 unspecified atom stereocenters. The molecule has 0 spiro atoms. The minimum Gasteiger partial charge on any atom is -0.493 e. The van der Waals surface area contributed by atoms with Gasteiger partial charge in [-0.1, -0.05) is 15.9 Å². The van der Waals surface area contributed by atoms with Gasteiger partial charge in [-0.15, -0.1) is 0 Å². The molecule has 1 aliphatic rings. The van der Waals surface area contributed by atoms with Crippen LogP contribution in [-0.4, -0.2) is 17.2 Å². The summed E-state index contributed by atoms with van der Waals surface area (Å²) in [5, 5.41) is 0. The molecule has 1 atom stereocenters. The van der Waals surface area contributed by atoms with Crippen molar-refractivity contribution in [2.75, 3.05) is 6.61 Å². The van der Waals surface area contributed by atoms with Gasteiger partial charge in [-0.3, -0.25) is 4.79 Å². The molecule has 74 valence electrons. The summed E-state index contributed by atoms with van der Waals surface area (Å²) in [6.45, 7) is 2.57. The number of Topliss-reactive ketones (excluding diaryl/α,β-unsaturated/α-hetero) is 1. The van der Waals surface area contributed by atoms with Crippen molar-refractivity contribution < 1.29 is 9.53 Å². The molecule has 0 aromatic heterocycles. The molecule has 0 radical (unpaired) electrons. The first-order valence-electron chi connectivity index (χ1n) is 4.62. The van der Waals surface area contributed by atoms with E-state index in [1.54, 1.807) is 0 Å². The monoisotopic (exact) mass is 254 g/mol. The Labute approximate surface area is 91.4 Å². The van der Waals surface area contributed by atoms with Crippen molar-refractivity contribution in [3.8, 4) is 5.75 Å². The maximum Gasteiger partial charge on any atom is 0.176 e. The molecule has 0 saturated heterocycles. The molecule has 1 aliphatic heterocycles. The zero-order chi connectivity index (χ0) is 10.1. The van der Waals surface area contributed by atoms with E-state index < -0.39 is 0 Å². The van der Waals surface area contributed by atoms with Gasteiger partial charge in [0.05, 0.1) is 11.4 Å². The number of fused-ring (bicyclic) bond motifs is 1. The highest BCUT2D eigenvalue weighted by Gasteiger charge is 2.17. The first-order chi connectivity index (χ1) is 6.68. The van der Waals surface area contributed by atoms with Gasteiger partial charge in [0.1, 0.15) is 5.75 Å². The van der Waals surface area contributed by atoms with Crippen molar-refractivity contribution in [3.63, 3.8) is 0 Å². The van der Waals surface area contributed by atoms with E-state index >= 15 is 0 Å². The predicted molar refractivity (Wildman–Crippen MR) is 58.4 cm³/mol. The van der Waals surface area contributed by atoms with Gasteiger partial charge in [0.25, 0.3) is 0 Å². The van der Waals surface area contributed by atoms with Crippen LogP contribution in [0.4, 0.5) is 0 Å². The van der Waals surface area contributed by atoms with Crippen LogP contribution < -0.4 is 4.74 Å². The molecule has 0 fully saturated rings. The summed E-state index contributed by atoms with van der Waals surface area (Å²) in [5.74, 6) is 1.04. The van der Waals surface area contributed by atoms with Crippen molar-refractivity contribution in [2.24, 2.45) is 0 Å². The average Bonchev–Trinajstić information content (AvgIpc) is 2.62. The number of carbonyl (C=O) groups excluding carboxylic acids is 1. The smallest absolute Gasteiger partial charge is 0.176 e. The molecular formula is C11H11BrO2. The number of hydrogen-bond acceptors (Lipinski definition) is 2. The van der Waals surface area contributed by atoms with Crippen LogP contribution in [0.25, 0.3) is 0 Å². The van der Waals surface area contributed by atoms with Gasteiger partial charge >= 0.3 is 0 Å². The highest BCUT2D eigenvalue weighted by atomic mass is 79.9. The molecule has 0 N–H and O–H groups in total. The standard InChI is InChI=1S/C11H11BrO2/c1-7(12)11(13)9-2-3-10-8(6-9)4-5-14-10/h2-3,6-7H,4-5H2,1H3. The maximum atomic E-state index is 11.7. The molecule has 3 heteroatoms. The van der Waals surface area contributed by atoms with Crippen molar-refractivity contribution >= 4 is 21.7 Å². The zero-order valence-electron chi connectivity index (χ0n) is 7.92. The van der Waals surface area contributed by atoms with Crippen LogP contribution in [0.3, 0.4) is 0 Å². The molecule has 0 saturated carbocycles. The number of halogens is 1. The number of carbonyl (C=O) groups is 1. The summed E-state index contributed by atoms with van der Waals surface area (Å²) >= 11 is 3.28. The van der Waals surface area contributed by atoms with E-state index in [1.165, 1.54) is 0 Å². The van der Waals surface area contributed by atoms with E-state index in [1.807, 2.05) is 25.1 Å². The number of alkyl halides is 1. The molecule has 2 nitrogen and oxygen atoms in total. The summed E-state index contributed by atoms with van der Waals surface area (Å²) < 4.78 is 5.37. The highest BCUT2D eigenvalue weighted by molar-refractivity contribution is 9.10. The summed E-state index contributed by atoms with van der Waals surface area (Å²) in [7, 11) is 0. The van der Waals surface area contributed by atoms with E-state index in [2.05, 4.69) is 15.9 Å². The minimum atomic E-state index is -0.122. The van der Waals surface area contributed by atoms with E-state index in [4.69, 9.17) is 4.74 Å². The fourth-order valence-corrected chi connectivity index (χ4v) is 1.83. The van der Waals surface area contributed by atoms with Gasteiger partial charge in [-0.2, -0.15) is 0 Å².